The van der Waals surface area contributed by atoms with Crippen molar-refractivity contribution in [3.63, 3.8) is 0 Å². The lowest BCUT2D eigenvalue weighted by Crippen LogP contribution is -2.27. The van der Waals surface area contributed by atoms with E-state index in [1.165, 1.54) is 16.8 Å². The molecule has 5 nitrogen and oxygen atoms in total. The first-order chi connectivity index (χ1) is 12.7. The molecule has 0 bridgehead atoms. The Morgan fingerprint density at radius 3 is 2.65 bits per heavy atom. The van der Waals surface area contributed by atoms with Crippen molar-refractivity contribution in [2.24, 2.45) is 0 Å². The molecular weight excluding hydrogens is 322 g/mol. The van der Waals surface area contributed by atoms with Gasteiger partial charge in [0, 0.05) is 25.8 Å². The van der Waals surface area contributed by atoms with Crippen LogP contribution in [-0.2, 0) is 13.0 Å². The number of anilines is 4. The van der Waals surface area contributed by atoms with Crippen LogP contribution in [0.25, 0.3) is 0 Å². The number of benzene rings is 2. The lowest BCUT2D eigenvalue weighted by Gasteiger charge is -2.32. The van der Waals surface area contributed by atoms with Gasteiger partial charge in [-0.3, -0.25) is 0 Å². The van der Waals surface area contributed by atoms with Gasteiger partial charge in [0.1, 0.15) is 12.0 Å². The molecule has 0 aliphatic carbocycles. The molecule has 0 unspecified atom stereocenters. The average Bonchev–Trinajstić information content (AvgIpc) is 2.68. The molecule has 4 rings (SSSR count). The first-order valence-electron chi connectivity index (χ1n) is 8.95. The molecule has 0 saturated carbocycles. The Labute approximate surface area is 154 Å². The third-order valence-electron chi connectivity index (χ3n) is 4.83. The molecule has 2 heterocycles. The summed E-state index contributed by atoms with van der Waals surface area (Å²) in [5, 5.41) is 0. The van der Waals surface area contributed by atoms with E-state index in [1.54, 1.807) is 6.33 Å². The average molecular weight is 345 g/mol. The molecule has 0 fully saturated rings. The maximum absolute atomic E-state index is 6.52. The minimum atomic E-state index is 0.627. The second kappa shape index (κ2) is 7.04. The maximum atomic E-state index is 6.52. The second-order valence-corrected chi connectivity index (χ2v) is 6.66. The van der Waals surface area contributed by atoms with Crippen molar-refractivity contribution >= 4 is 23.0 Å². The van der Waals surface area contributed by atoms with E-state index in [9.17, 15) is 0 Å². The Hall–Kier alpha value is -3.08. The molecule has 26 heavy (non-hydrogen) atoms. The first kappa shape index (κ1) is 16.4. The highest BCUT2D eigenvalue weighted by molar-refractivity contribution is 5.80. The highest BCUT2D eigenvalue weighted by atomic mass is 15.2. The van der Waals surface area contributed by atoms with Gasteiger partial charge in [-0.05, 0) is 30.0 Å². The van der Waals surface area contributed by atoms with Gasteiger partial charge >= 0.3 is 0 Å². The number of rotatable bonds is 4. The van der Waals surface area contributed by atoms with Crippen molar-refractivity contribution < 1.29 is 0 Å². The van der Waals surface area contributed by atoms with Crippen LogP contribution in [0.4, 0.5) is 23.0 Å². The molecular formula is C21H23N5. The topological polar surface area (TPSA) is 58.3 Å². The molecule has 1 aromatic heterocycles. The summed E-state index contributed by atoms with van der Waals surface area (Å²) in [6, 6.07) is 18.8. The van der Waals surface area contributed by atoms with Gasteiger partial charge < -0.3 is 15.5 Å². The minimum Gasteiger partial charge on any atom is -0.393 e. The number of nitrogens with zero attached hydrogens (tertiary/aromatic N) is 4. The number of aromatic nitrogens is 2. The quantitative estimate of drug-likeness (QED) is 0.780. The van der Waals surface area contributed by atoms with Crippen molar-refractivity contribution in [2.75, 3.05) is 29.1 Å². The van der Waals surface area contributed by atoms with Gasteiger partial charge in [-0.15, -0.1) is 0 Å². The number of fused-ring (bicyclic) bond motifs is 1. The van der Waals surface area contributed by atoms with Crippen LogP contribution in [0.3, 0.4) is 0 Å². The van der Waals surface area contributed by atoms with Gasteiger partial charge in [0.05, 0.1) is 0 Å². The van der Waals surface area contributed by atoms with E-state index >= 15 is 0 Å². The molecule has 1 aliphatic heterocycles. The lowest BCUT2D eigenvalue weighted by atomic mass is 10.0. The van der Waals surface area contributed by atoms with Crippen molar-refractivity contribution in [1.29, 1.82) is 0 Å². The van der Waals surface area contributed by atoms with Crippen molar-refractivity contribution in [2.45, 2.75) is 19.4 Å². The van der Waals surface area contributed by atoms with Gasteiger partial charge in [-0.25, -0.2) is 9.97 Å². The fourth-order valence-electron chi connectivity index (χ4n) is 3.58. The van der Waals surface area contributed by atoms with Crippen LogP contribution < -0.4 is 15.5 Å². The molecule has 0 spiro atoms. The SMILES string of the molecule is CN(Cc1ccccc1)c1ncnc(N2CCCc3ccccc32)c1N. The molecule has 132 valence electrons. The standard InChI is InChI=1S/C21H23N5/c1-25(14-16-8-3-2-4-9-16)20-19(22)21(24-15-23-20)26-13-7-11-17-10-5-6-12-18(17)26/h2-6,8-10,12,15H,7,11,13-14,22H2,1H3. The van der Waals surface area contributed by atoms with Crippen molar-refractivity contribution in [1.82, 2.24) is 9.97 Å². The van der Waals surface area contributed by atoms with Crippen LogP contribution in [0.5, 0.6) is 0 Å². The molecule has 2 N–H and O–H groups in total. The largest absolute Gasteiger partial charge is 0.393 e. The van der Waals surface area contributed by atoms with Gasteiger partial charge in [0.2, 0.25) is 0 Å². The minimum absolute atomic E-state index is 0.627. The molecule has 0 atom stereocenters. The highest BCUT2D eigenvalue weighted by Gasteiger charge is 2.23. The zero-order valence-corrected chi connectivity index (χ0v) is 15.0. The zero-order valence-electron chi connectivity index (χ0n) is 15.0. The predicted octanol–water partition coefficient (Wildman–Crippen LogP) is 3.78. The molecule has 0 amide bonds. The van der Waals surface area contributed by atoms with E-state index in [1.807, 2.05) is 25.2 Å². The third kappa shape index (κ3) is 3.08. The van der Waals surface area contributed by atoms with Gasteiger partial charge in [0.15, 0.2) is 11.6 Å². The summed E-state index contributed by atoms with van der Waals surface area (Å²) in [6.45, 7) is 1.66. The Morgan fingerprint density at radius 1 is 1.04 bits per heavy atom. The number of para-hydroxylation sites is 1. The summed E-state index contributed by atoms with van der Waals surface area (Å²) in [5.74, 6) is 1.56. The smallest absolute Gasteiger partial charge is 0.161 e. The van der Waals surface area contributed by atoms with E-state index in [-0.39, 0.29) is 0 Å². The van der Waals surface area contributed by atoms with Gasteiger partial charge in [0.25, 0.3) is 0 Å². The summed E-state index contributed by atoms with van der Waals surface area (Å²) in [7, 11) is 2.01. The monoisotopic (exact) mass is 345 g/mol. The van der Waals surface area contributed by atoms with E-state index in [2.05, 4.69) is 56.2 Å². The predicted molar refractivity (Wildman–Crippen MR) is 107 cm³/mol. The van der Waals surface area contributed by atoms with Crippen LogP contribution >= 0.6 is 0 Å². The summed E-state index contributed by atoms with van der Waals surface area (Å²) in [6.07, 6.45) is 3.80. The van der Waals surface area contributed by atoms with E-state index < -0.39 is 0 Å². The second-order valence-electron chi connectivity index (χ2n) is 6.66. The van der Waals surface area contributed by atoms with Crippen LogP contribution in [0.2, 0.25) is 0 Å². The van der Waals surface area contributed by atoms with Gasteiger partial charge in [-0.2, -0.15) is 0 Å². The number of hydrogen-bond acceptors (Lipinski definition) is 5. The molecule has 0 saturated heterocycles. The van der Waals surface area contributed by atoms with Gasteiger partial charge in [-0.1, -0.05) is 48.5 Å². The number of aryl methyl sites for hydroxylation is 1. The molecule has 1 aliphatic rings. The Bertz CT molecular complexity index is 894. The summed E-state index contributed by atoms with van der Waals surface area (Å²) in [4.78, 5) is 13.3. The normalized spacial score (nSPS) is 13.3. The van der Waals surface area contributed by atoms with E-state index in [0.717, 1.165) is 37.6 Å². The summed E-state index contributed by atoms with van der Waals surface area (Å²) >= 11 is 0. The lowest BCUT2D eigenvalue weighted by molar-refractivity contribution is 0.758. The number of hydrogen-bond donors (Lipinski definition) is 1. The molecule has 5 heteroatoms. The maximum Gasteiger partial charge on any atom is 0.161 e. The molecule has 2 aromatic carbocycles. The number of nitrogens with two attached hydrogens (primary N) is 1. The molecule has 3 aromatic rings. The Balaban J connectivity index is 1.67. The third-order valence-corrected chi connectivity index (χ3v) is 4.83. The highest BCUT2D eigenvalue weighted by Crippen LogP contribution is 2.37. The fraction of sp³-hybridized carbons (Fsp3) is 0.238. The van der Waals surface area contributed by atoms with Crippen molar-refractivity contribution in [3.8, 4) is 0 Å². The first-order valence-corrected chi connectivity index (χ1v) is 8.95. The van der Waals surface area contributed by atoms with Crippen LogP contribution in [0.1, 0.15) is 17.5 Å². The van der Waals surface area contributed by atoms with E-state index in [0.29, 0.717) is 5.69 Å². The molecule has 0 radical (unpaired) electrons. The Morgan fingerprint density at radius 2 is 1.81 bits per heavy atom. The van der Waals surface area contributed by atoms with Crippen LogP contribution in [0, 0.1) is 0 Å². The van der Waals surface area contributed by atoms with Crippen LogP contribution in [-0.4, -0.2) is 23.6 Å². The van der Waals surface area contributed by atoms with E-state index in [4.69, 9.17) is 5.73 Å². The summed E-state index contributed by atoms with van der Waals surface area (Å²) in [5.41, 5.74) is 10.9. The van der Waals surface area contributed by atoms with Crippen molar-refractivity contribution in [3.05, 3.63) is 72.1 Å². The van der Waals surface area contributed by atoms with Crippen LogP contribution in [0.15, 0.2) is 60.9 Å². The Kier molecular flexibility index (Phi) is 4.44. The summed E-state index contributed by atoms with van der Waals surface area (Å²) < 4.78 is 0. The zero-order chi connectivity index (χ0) is 17.9. The number of nitrogen functional groups attached to an aromatic ring is 1. The fourth-order valence-corrected chi connectivity index (χ4v) is 3.58.